The van der Waals surface area contributed by atoms with E-state index < -0.39 is 11.6 Å². The highest BCUT2D eigenvalue weighted by Gasteiger charge is 2.14. The number of rotatable bonds is 8. The first-order valence-corrected chi connectivity index (χ1v) is 9.33. The minimum Gasteiger partial charge on any atom is -0.359 e. The minimum atomic E-state index is -0.837. The van der Waals surface area contributed by atoms with E-state index in [9.17, 15) is 8.78 Å². The lowest BCUT2D eigenvalue weighted by Gasteiger charge is -2.16. The van der Waals surface area contributed by atoms with Gasteiger partial charge in [-0.3, -0.25) is 4.99 Å². The third kappa shape index (κ3) is 6.72. The van der Waals surface area contributed by atoms with E-state index in [-0.39, 0.29) is 29.9 Å². The maximum atomic E-state index is 13.4. The van der Waals surface area contributed by atoms with Gasteiger partial charge in [-0.25, -0.2) is 8.78 Å². The van der Waals surface area contributed by atoms with Crippen LogP contribution in [0.2, 0.25) is 0 Å². The van der Waals surface area contributed by atoms with Crippen LogP contribution in [0, 0.1) is 11.6 Å². The van der Waals surface area contributed by atoms with Gasteiger partial charge in [0.25, 0.3) is 0 Å². The fourth-order valence-corrected chi connectivity index (χ4v) is 2.89. The molecule has 1 aromatic heterocycles. The lowest BCUT2D eigenvalue weighted by atomic mass is 9.99. The summed E-state index contributed by atoms with van der Waals surface area (Å²) in [5.74, 6) is 0.0809. The molecule has 0 aliphatic heterocycles. The molecule has 0 aliphatic rings. The number of aliphatic imine (C=N–C) groups is 1. The molecule has 0 aliphatic carbocycles. The smallest absolute Gasteiger partial charge is 0.191 e. The summed E-state index contributed by atoms with van der Waals surface area (Å²) in [6.45, 7) is 7.21. The number of benzene rings is 1. The third-order valence-electron chi connectivity index (χ3n) is 4.72. The summed E-state index contributed by atoms with van der Waals surface area (Å²) in [6, 6.07) is 5.94. The van der Waals surface area contributed by atoms with E-state index in [0.717, 1.165) is 35.9 Å². The van der Waals surface area contributed by atoms with Crippen molar-refractivity contribution in [3.05, 3.63) is 52.9 Å². The Hall–Kier alpha value is -1.71. The first-order valence-electron chi connectivity index (χ1n) is 9.33. The van der Waals surface area contributed by atoms with Crippen LogP contribution >= 0.6 is 24.0 Å². The fourth-order valence-electron chi connectivity index (χ4n) is 2.89. The zero-order valence-electron chi connectivity index (χ0n) is 16.8. The molecule has 0 saturated carbocycles. The third-order valence-corrected chi connectivity index (χ3v) is 4.72. The Morgan fingerprint density at radius 3 is 2.46 bits per heavy atom. The van der Waals surface area contributed by atoms with Crippen molar-refractivity contribution in [3.8, 4) is 0 Å². The Morgan fingerprint density at radius 2 is 1.86 bits per heavy atom. The van der Waals surface area contributed by atoms with Crippen molar-refractivity contribution in [2.75, 3.05) is 13.6 Å². The Morgan fingerprint density at radius 1 is 1.14 bits per heavy atom. The van der Waals surface area contributed by atoms with Crippen molar-refractivity contribution in [2.24, 2.45) is 4.99 Å². The van der Waals surface area contributed by atoms with Gasteiger partial charge in [0, 0.05) is 25.6 Å². The van der Waals surface area contributed by atoms with E-state index in [1.165, 1.54) is 6.07 Å². The second-order valence-electron chi connectivity index (χ2n) is 6.61. The molecule has 2 aromatic rings. The predicted octanol–water partition coefficient (Wildman–Crippen LogP) is 4.94. The molecule has 2 N–H and O–H groups in total. The second kappa shape index (κ2) is 12.0. The number of nitrogens with one attached hydrogen (secondary N) is 2. The molecule has 1 aromatic carbocycles. The lowest BCUT2D eigenvalue weighted by molar-refractivity contribution is 0.368. The van der Waals surface area contributed by atoms with Crippen LogP contribution in [-0.2, 0) is 6.54 Å². The first-order chi connectivity index (χ1) is 13.0. The van der Waals surface area contributed by atoms with E-state index >= 15 is 0 Å². The van der Waals surface area contributed by atoms with Gasteiger partial charge in [0.15, 0.2) is 23.4 Å². The summed E-state index contributed by atoms with van der Waals surface area (Å²) >= 11 is 0. The molecule has 0 spiro atoms. The molecular weight excluding hydrogens is 477 g/mol. The number of hydrogen-bond acceptors (Lipinski definition) is 3. The Kier molecular flexibility index (Phi) is 10.4. The van der Waals surface area contributed by atoms with Gasteiger partial charge in [0.2, 0.25) is 0 Å². The largest absolute Gasteiger partial charge is 0.359 e. The number of nitrogens with zero attached hydrogens (tertiary/aromatic N) is 2. The Labute approximate surface area is 182 Å². The topological polar surface area (TPSA) is 62.5 Å². The average Bonchev–Trinajstić information content (AvgIpc) is 3.13. The summed E-state index contributed by atoms with van der Waals surface area (Å²) in [6.07, 6.45) is 2.06. The maximum Gasteiger partial charge on any atom is 0.191 e. The number of aromatic nitrogens is 1. The summed E-state index contributed by atoms with van der Waals surface area (Å²) in [7, 11) is 1.67. The molecule has 8 heteroatoms. The number of guanidine groups is 1. The van der Waals surface area contributed by atoms with Gasteiger partial charge in [-0.2, -0.15) is 0 Å². The van der Waals surface area contributed by atoms with Gasteiger partial charge in [-0.1, -0.05) is 32.0 Å². The molecule has 1 atom stereocenters. The van der Waals surface area contributed by atoms with E-state index in [1.807, 2.05) is 13.0 Å². The summed E-state index contributed by atoms with van der Waals surface area (Å²) in [5, 5.41) is 10.5. The summed E-state index contributed by atoms with van der Waals surface area (Å²) < 4.78 is 31.8. The van der Waals surface area contributed by atoms with Gasteiger partial charge < -0.3 is 15.2 Å². The van der Waals surface area contributed by atoms with Crippen LogP contribution in [0.4, 0.5) is 8.78 Å². The molecule has 5 nitrogen and oxygen atoms in total. The fraction of sp³-hybridized carbons (Fsp3) is 0.500. The van der Waals surface area contributed by atoms with Crippen molar-refractivity contribution in [1.82, 2.24) is 15.8 Å². The monoisotopic (exact) mass is 506 g/mol. The lowest BCUT2D eigenvalue weighted by Crippen LogP contribution is -2.38. The van der Waals surface area contributed by atoms with Crippen LogP contribution < -0.4 is 10.6 Å². The van der Waals surface area contributed by atoms with Crippen molar-refractivity contribution in [3.63, 3.8) is 0 Å². The van der Waals surface area contributed by atoms with E-state index in [4.69, 9.17) is 4.52 Å². The molecule has 1 unspecified atom stereocenters. The zero-order valence-corrected chi connectivity index (χ0v) is 19.1. The molecule has 1 heterocycles. The molecule has 0 saturated heterocycles. The molecule has 28 heavy (non-hydrogen) atoms. The predicted molar refractivity (Wildman–Crippen MR) is 118 cm³/mol. The van der Waals surface area contributed by atoms with Gasteiger partial charge in [-0.15, -0.1) is 24.0 Å². The molecule has 0 radical (unpaired) electrons. The second-order valence-corrected chi connectivity index (χ2v) is 6.61. The van der Waals surface area contributed by atoms with Crippen LogP contribution in [0.3, 0.4) is 0 Å². The van der Waals surface area contributed by atoms with Crippen molar-refractivity contribution >= 4 is 29.9 Å². The Bertz CT molecular complexity index is 762. The van der Waals surface area contributed by atoms with Crippen molar-refractivity contribution in [2.45, 2.75) is 52.0 Å². The van der Waals surface area contributed by atoms with Crippen LogP contribution in [0.15, 0.2) is 33.8 Å². The van der Waals surface area contributed by atoms with E-state index in [2.05, 4.69) is 34.6 Å². The average molecular weight is 506 g/mol. The molecule has 0 bridgehead atoms. The SMILES string of the molecule is CCC(CC)c1cc(CNC(=NC)NCC(C)c2ccc(F)c(F)c2)on1.I. The van der Waals surface area contributed by atoms with E-state index in [0.29, 0.717) is 25.0 Å². The van der Waals surface area contributed by atoms with Crippen LogP contribution in [0.25, 0.3) is 0 Å². The van der Waals surface area contributed by atoms with Crippen LogP contribution in [-0.4, -0.2) is 24.7 Å². The summed E-state index contributed by atoms with van der Waals surface area (Å²) in [5.41, 5.74) is 1.70. The molecular formula is C20H29F2IN4O. The van der Waals surface area contributed by atoms with Gasteiger partial charge in [0.05, 0.1) is 12.2 Å². The van der Waals surface area contributed by atoms with Crippen LogP contribution in [0.5, 0.6) is 0 Å². The number of halogens is 3. The Balaban J connectivity index is 0.00000392. The molecule has 2 rings (SSSR count). The van der Waals surface area contributed by atoms with Crippen LogP contribution in [0.1, 0.15) is 62.5 Å². The molecule has 0 fully saturated rings. The van der Waals surface area contributed by atoms with Crippen molar-refractivity contribution in [1.29, 1.82) is 0 Å². The molecule has 0 amide bonds. The van der Waals surface area contributed by atoms with E-state index in [1.54, 1.807) is 13.1 Å². The standard InChI is InChI=1S/C20H28F2N4O.HI/c1-5-14(6-2)19-10-16(27-26-19)12-25-20(23-4)24-11-13(3)15-7-8-17(21)18(22)9-15;/h7-10,13-14H,5-6,11-12H2,1-4H3,(H2,23,24,25);1H. The summed E-state index contributed by atoms with van der Waals surface area (Å²) in [4.78, 5) is 4.17. The van der Waals surface area contributed by atoms with Gasteiger partial charge in [-0.05, 0) is 36.5 Å². The maximum absolute atomic E-state index is 13.4. The number of hydrogen-bond donors (Lipinski definition) is 2. The normalized spacial score (nSPS) is 12.6. The highest BCUT2D eigenvalue weighted by molar-refractivity contribution is 14.0. The highest BCUT2D eigenvalue weighted by atomic mass is 127. The zero-order chi connectivity index (χ0) is 19.8. The quantitative estimate of drug-likeness (QED) is 0.303. The van der Waals surface area contributed by atoms with Gasteiger partial charge >= 0.3 is 0 Å². The molecule has 156 valence electrons. The first kappa shape index (κ1) is 24.3. The van der Waals surface area contributed by atoms with Gasteiger partial charge in [0.1, 0.15) is 0 Å². The van der Waals surface area contributed by atoms with Crippen molar-refractivity contribution < 1.29 is 13.3 Å². The minimum absolute atomic E-state index is 0. The highest BCUT2D eigenvalue weighted by Crippen LogP contribution is 2.22.